The molecule has 0 radical (unpaired) electrons. The number of fused-ring (bicyclic) bond motifs is 1. The molecule has 4 rings (SSSR count). The second kappa shape index (κ2) is 5.83. The number of carbonyl (C=O) groups excluding carboxylic acids is 1. The smallest absolute Gasteiger partial charge is 0.238 e. The fraction of sp³-hybridized carbons (Fsp3) is 0.222. The molecule has 122 valence electrons. The maximum absolute atomic E-state index is 11.9. The quantitative estimate of drug-likeness (QED) is 0.688. The first kappa shape index (κ1) is 15.0. The van der Waals surface area contributed by atoms with Crippen molar-refractivity contribution in [1.29, 1.82) is 0 Å². The number of alkyl halides is 1. The summed E-state index contributed by atoms with van der Waals surface area (Å²) in [6, 6.07) is 12.2. The molecule has 0 bridgehead atoms. The first-order valence-corrected chi connectivity index (χ1v) is 8.35. The Morgan fingerprint density at radius 3 is 2.71 bits per heavy atom. The Morgan fingerprint density at radius 2 is 2.00 bits per heavy atom. The maximum atomic E-state index is 11.9. The number of aromatic nitrogens is 3. The average Bonchev–Trinajstić information content (AvgIpc) is 3.29. The van der Waals surface area contributed by atoms with Gasteiger partial charge in [0.2, 0.25) is 5.91 Å². The summed E-state index contributed by atoms with van der Waals surface area (Å²) in [6.07, 6.45) is 3.99. The van der Waals surface area contributed by atoms with Gasteiger partial charge < -0.3 is 9.47 Å². The van der Waals surface area contributed by atoms with Crippen LogP contribution < -0.4 is 0 Å². The summed E-state index contributed by atoms with van der Waals surface area (Å²) in [7, 11) is 0. The van der Waals surface area contributed by atoms with Crippen molar-refractivity contribution in [3.63, 3.8) is 0 Å². The van der Waals surface area contributed by atoms with Crippen LogP contribution in [0.15, 0.2) is 48.8 Å². The van der Waals surface area contributed by atoms with E-state index in [4.69, 9.17) is 16.7 Å². The summed E-state index contributed by atoms with van der Waals surface area (Å²) in [5, 5.41) is 4.78. The lowest BCUT2D eigenvalue weighted by Crippen LogP contribution is -2.27. The number of benzene rings is 1. The normalized spacial score (nSPS) is 13.3. The molecule has 1 aliphatic rings. The highest BCUT2D eigenvalue weighted by molar-refractivity contribution is 6.27. The van der Waals surface area contributed by atoms with Crippen molar-refractivity contribution in [2.24, 2.45) is 0 Å². The van der Waals surface area contributed by atoms with E-state index in [1.54, 1.807) is 4.90 Å². The number of rotatable bonds is 3. The van der Waals surface area contributed by atoms with E-state index in [0.29, 0.717) is 13.1 Å². The lowest BCUT2D eigenvalue weighted by molar-refractivity contribution is -0.129. The van der Waals surface area contributed by atoms with Gasteiger partial charge in [-0.1, -0.05) is 12.1 Å². The van der Waals surface area contributed by atoms with E-state index < -0.39 is 0 Å². The number of amides is 1. The standard InChI is InChI=1S/C18H17ClN4O/c1-13-5-4-6-14(9-13)23-18(21-7-2-3-8-21)15-11-22(17(24)10-19)12-16(15)20-23/h2-9H,10-12H2,1H3. The predicted octanol–water partition coefficient (Wildman–Crippen LogP) is 3.05. The molecule has 3 heterocycles. The zero-order valence-electron chi connectivity index (χ0n) is 13.3. The van der Waals surface area contributed by atoms with Crippen LogP contribution in [0.1, 0.15) is 16.8 Å². The summed E-state index contributed by atoms with van der Waals surface area (Å²) < 4.78 is 4.00. The summed E-state index contributed by atoms with van der Waals surface area (Å²) in [5.41, 5.74) is 4.20. The fourth-order valence-corrected chi connectivity index (χ4v) is 3.31. The largest absolute Gasteiger partial charge is 0.331 e. The number of halogens is 1. The fourth-order valence-electron chi connectivity index (χ4n) is 3.14. The van der Waals surface area contributed by atoms with Gasteiger partial charge in [-0.2, -0.15) is 5.10 Å². The lowest BCUT2D eigenvalue weighted by atomic mass is 10.2. The van der Waals surface area contributed by atoms with E-state index in [1.165, 1.54) is 5.56 Å². The average molecular weight is 341 g/mol. The van der Waals surface area contributed by atoms with Crippen LogP contribution in [0.4, 0.5) is 0 Å². The van der Waals surface area contributed by atoms with E-state index in [-0.39, 0.29) is 11.8 Å². The van der Waals surface area contributed by atoms with Crippen molar-refractivity contribution >= 4 is 17.5 Å². The predicted molar refractivity (Wildman–Crippen MR) is 92.6 cm³/mol. The van der Waals surface area contributed by atoms with Crippen molar-refractivity contribution in [2.75, 3.05) is 5.88 Å². The Balaban J connectivity index is 1.85. The van der Waals surface area contributed by atoms with Crippen molar-refractivity contribution in [2.45, 2.75) is 20.0 Å². The van der Waals surface area contributed by atoms with Gasteiger partial charge in [0.15, 0.2) is 0 Å². The summed E-state index contributed by atoms with van der Waals surface area (Å²) in [5.74, 6) is 0.918. The molecule has 5 nitrogen and oxygen atoms in total. The van der Waals surface area contributed by atoms with Gasteiger partial charge in [0.05, 0.1) is 24.5 Å². The molecule has 0 spiro atoms. The number of nitrogens with zero attached hydrogens (tertiary/aromatic N) is 4. The van der Waals surface area contributed by atoms with Gasteiger partial charge in [-0.15, -0.1) is 11.6 Å². The second-order valence-electron chi connectivity index (χ2n) is 5.97. The van der Waals surface area contributed by atoms with Crippen LogP contribution in [0.25, 0.3) is 11.5 Å². The highest BCUT2D eigenvalue weighted by Gasteiger charge is 2.30. The van der Waals surface area contributed by atoms with Crippen LogP contribution in [-0.4, -0.2) is 31.0 Å². The third-order valence-corrected chi connectivity index (χ3v) is 4.52. The van der Waals surface area contributed by atoms with Gasteiger partial charge in [0.1, 0.15) is 11.7 Å². The number of hydrogen-bond acceptors (Lipinski definition) is 2. The second-order valence-corrected chi connectivity index (χ2v) is 6.24. The van der Waals surface area contributed by atoms with Crippen molar-refractivity contribution in [3.05, 3.63) is 65.6 Å². The Labute approximate surface area is 145 Å². The minimum Gasteiger partial charge on any atom is -0.331 e. The minimum atomic E-state index is -0.0600. The molecular weight excluding hydrogens is 324 g/mol. The van der Waals surface area contributed by atoms with Gasteiger partial charge in [0.25, 0.3) is 0 Å². The molecule has 6 heteroatoms. The summed E-state index contributed by atoms with van der Waals surface area (Å²) in [6.45, 7) is 3.12. The first-order chi connectivity index (χ1) is 11.7. The molecule has 0 saturated carbocycles. The Kier molecular flexibility index (Phi) is 3.65. The van der Waals surface area contributed by atoms with Gasteiger partial charge in [-0.05, 0) is 36.8 Å². The van der Waals surface area contributed by atoms with Crippen LogP contribution >= 0.6 is 11.6 Å². The Bertz CT molecular complexity index is 898. The highest BCUT2D eigenvalue weighted by atomic mass is 35.5. The molecule has 3 aromatic rings. The third kappa shape index (κ3) is 2.41. The third-order valence-electron chi connectivity index (χ3n) is 4.29. The van der Waals surface area contributed by atoms with E-state index in [2.05, 4.69) is 19.1 Å². The van der Waals surface area contributed by atoms with Crippen LogP contribution in [0, 0.1) is 6.92 Å². The molecular formula is C18H17ClN4O. The molecule has 0 atom stereocenters. The van der Waals surface area contributed by atoms with Crippen LogP contribution in [0.5, 0.6) is 0 Å². The van der Waals surface area contributed by atoms with Crippen LogP contribution in [0.3, 0.4) is 0 Å². The van der Waals surface area contributed by atoms with Crippen molar-refractivity contribution in [1.82, 2.24) is 19.2 Å². The van der Waals surface area contributed by atoms with E-state index in [9.17, 15) is 4.79 Å². The van der Waals surface area contributed by atoms with Crippen molar-refractivity contribution in [3.8, 4) is 11.5 Å². The SMILES string of the molecule is Cc1cccc(-n2nc3c(c2-n2cccc2)CN(C(=O)CCl)C3)c1. The monoisotopic (exact) mass is 340 g/mol. The zero-order chi connectivity index (χ0) is 16.7. The Hall–Kier alpha value is -2.53. The molecule has 0 saturated heterocycles. The lowest BCUT2D eigenvalue weighted by Gasteiger charge is -2.16. The number of hydrogen-bond donors (Lipinski definition) is 0. The van der Waals surface area contributed by atoms with Crippen LogP contribution in [0.2, 0.25) is 0 Å². The molecule has 1 amide bonds. The Morgan fingerprint density at radius 1 is 1.21 bits per heavy atom. The number of aryl methyl sites for hydroxylation is 1. The minimum absolute atomic E-state index is 0.000999. The number of carbonyl (C=O) groups is 1. The molecule has 0 N–H and O–H groups in total. The van der Waals surface area contributed by atoms with Gasteiger partial charge in [-0.3, -0.25) is 4.79 Å². The summed E-state index contributed by atoms with van der Waals surface area (Å²) in [4.78, 5) is 13.7. The molecule has 0 fully saturated rings. The molecule has 1 aromatic carbocycles. The summed E-state index contributed by atoms with van der Waals surface area (Å²) >= 11 is 5.70. The maximum Gasteiger partial charge on any atom is 0.238 e. The molecule has 0 aliphatic carbocycles. The molecule has 2 aromatic heterocycles. The van der Waals surface area contributed by atoms with Gasteiger partial charge in [0, 0.05) is 18.0 Å². The molecule has 24 heavy (non-hydrogen) atoms. The first-order valence-electron chi connectivity index (χ1n) is 7.82. The topological polar surface area (TPSA) is 43.1 Å². The molecule has 1 aliphatic heterocycles. The van der Waals surface area contributed by atoms with Gasteiger partial charge >= 0.3 is 0 Å². The zero-order valence-corrected chi connectivity index (χ0v) is 14.1. The van der Waals surface area contributed by atoms with E-state index in [0.717, 1.165) is 22.8 Å². The van der Waals surface area contributed by atoms with E-state index in [1.807, 2.05) is 45.9 Å². The van der Waals surface area contributed by atoms with Gasteiger partial charge in [-0.25, -0.2) is 4.68 Å². The van der Waals surface area contributed by atoms with E-state index >= 15 is 0 Å². The highest BCUT2D eigenvalue weighted by Crippen LogP contribution is 2.30. The van der Waals surface area contributed by atoms with Crippen molar-refractivity contribution < 1.29 is 4.79 Å². The molecule has 0 unspecified atom stereocenters. The van der Waals surface area contributed by atoms with Crippen LogP contribution in [-0.2, 0) is 17.9 Å².